The van der Waals surface area contributed by atoms with E-state index in [9.17, 15) is 0 Å². The Hall–Kier alpha value is -0.720. The van der Waals surface area contributed by atoms with Crippen molar-refractivity contribution in [1.29, 1.82) is 5.26 Å². The molecule has 0 amide bonds. The van der Waals surface area contributed by atoms with Crippen LogP contribution in [0, 0.1) is 10.7 Å². The number of thioether (sulfide) groups is 1. The third kappa shape index (κ3) is 1.63. The highest BCUT2D eigenvalue weighted by Gasteiger charge is 1.97. The van der Waals surface area contributed by atoms with Crippen molar-refractivity contribution < 1.29 is 0 Å². The van der Waals surface area contributed by atoms with Crippen LogP contribution in [-0.4, -0.2) is 4.98 Å². The van der Waals surface area contributed by atoms with Crippen LogP contribution in [0.2, 0.25) is 5.02 Å². The number of thiocyanates is 1. The van der Waals surface area contributed by atoms with Crippen molar-refractivity contribution in [2.24, 2.45) is 0 Å². The fourth-order valence-electron chi connectivity index (χ4n) is 0.487. The van der Waals surface area contributed by atoms with Crippen LogP contribution in [0.1, 0.15) is 0 Å². The number of aromatic nitrogens is 1. The van der Waals surface area contributed by atoms with Crippen molar-refractivity contribution >= 4 is 23.4 Å². The first-order valence-electron chi connectivity index (χ1n) is 2.50. The maximum Gasteiger partial charge on any atom is 0.138 e. The molecule has 1 aromatic heterocycles. The second-order valence-corrected chi connectivity index (χ2v) is 2.73. The van der Waals surface area contributed by atoms with E-state index in [2.05, 4.69) is 4.98 Å². The average molecular weight is 171 g/mol. The monoisotopic (exact) mass is 170 g/mol. The Balaban J connectivity index is 2.94. The van der Waals surface area contributed by atoms with Crippen molar-refractivity contribution in [3.8, 4) is 5.40 Å². The summed E-state index contributed by atoms with van der Waals surface area (Å²) in [4.78, 5) is 4.51. The Morgan fingerprint density at radius 1 is 1.70 bits per heavy atom. The van der Waals surface area contributed by atoms with E-state index in [1.54, 1.807) is 18.5 Å². The SMILES string of the molecule is N#CSc1cnccc1Cl. The molecule has 4 heteroatoms. The van der Waals surface area contributed by atoms with Crippen LogP contribution in [0.15, 0.2) is 23.4 Å². The Morgan fingerprint density at radius 2 is 2.50 bits per heavy atom. The molecule has 0 bridgehead atoms. The zero-order valence-corrected chi connectivity index (χ0v) is 6.49. The number of rotatable bonds is 1. The van der Waals surface area contributed by atoms with Crippen molar-refractivity contribution in [3.63, 3.8) is 0 Å². The van der Waals surface area contributed by atoms with Crippen LogP contribution in [-0.2, 0) is 0 Å². The number of hydrogen-bond donors (Lipinski definition) is 0. The van der Waals surface area contributed by atoms with Gasteiger partial charge in [0.1, 0.15) is 5.40 Å². The van der Waals surface area contributed by atoms with E-state index in [4.69, 9.17) is 16.9 Å². The lowest BCUT2D eigenvalue weighted by molar-refractivity contribution is 1.24. The summed E-state index contributed by atoms with van der Waals surface area (Å²) in [5, 5.41) is 10.8. The lowest BCUT2D eigenvalue weighted by Crippen LogP contribution is -1.73. The van der Waals surface area contributed by atoms with Gasteiger partial charge in [0.15, 0.2) is 0 Å². The number of hydrogen-bond acceptors (Lipinski definition) is 3. The van der Waals surface area contributed by atoms with E-state index in [1.165, 1.54) is 0 Å². The van der Waals surface area contributed by atoms with E-state index < -0.39 is 0 Å². The summed E-state index contributed by atoms with van der Waals surface area (Å²) in [7, 11) is 0. The minimum absolute atomic E-state index is 0.571. The topological polar surface area (TPSA) is 36.7 Å². The summed E-state index contributed by atoms with van der Waals surface area (Å²) in [6.45, 7) is 0. The summed E-state index contributed by atoms with van der Waals surface area (Å²) in [6.07, 6.45) is 3.15. The van der Waals surface area contributed by atoms with Crippen molar-refractivity contribution in [1.82, 2.24) is 4.98 Å². The first kappa shape index (κ1) is 7.39. The van der Waals surface area contributed by atoms with Crippen LogP contribution < -0.4 is 0 Å². The van der Waals surface area contributed by atoms with E-state index >= 15 is 0 Å². The third-order valence-corrected chi connectivity index (χ3v) is 1.97. The van der Waals surface area contributed by atoms with Gasteiger partial charge in [-0.1, -0.05) is 11.6 Å². The molecule has 1 heterocycles. The van der Waals surface area contributed by atoms with E-state index in [1.807, 2.05) is 5.40 Å². The van der Waals surface area contributed by atoms with E-state index in [0.29, 0.717) is 9.92 Å². The first-order valence-corrected chi connectivity index (χ1v) is 3.69. The van der Waals surface area contributed by atoms with Crippen LogP contribution in [0.5, 0.6) is 0 Å². The van der Waals surface area contributed by atoms with Crippen molar-refractivity contribution in [3.05, 3.63) is 23.5 Å². The molecule has 1 aromatic rings. The highest BCUT2D eigenvalue weighted by atomic mass is 35.5. The van der Waals surface area contributed by atoms with Gasteiger partial charge in [-0.3, -0.25) is 4.98 Å². The van der Waals surface area contributed by atoms with Crippen LogP contribution >= 0.6 is 23.4 Å². The van der Waals surface area contributed by atoms with Gasteiger partial charge < -0.3 is 0 Å². The molecule has 0 N–H and O–H groups in total. The summed E-state index contributed by atoms with van der Waals surface area (Å²) in [5.41, 5.74) is 0. The standard InChI is InChI=1S/C6H3ClN2S/c7-5-1-2-9-3-6(5)10-4-8/h1-3H. The van der Waals surface area contributed by atoms with Crippen molar-refractivity contribution in [2.45, 2.75) is 4.90 Å². The molecule has 50 valence electrons. The second kappa shape index (κ2) is 3.45. The number of halogens is 1. The lowest BCUT2D eigenvalue weighted by Gasteiger charge is -1.92. The molecule has 0 fully saturated rings. The van der Waals surface area contributed by atoms with E-state index in [-0.39, 0.29) is 0 Å². The van der Waals surface area contributed by atoms with Gasteiger partial charge in [-0.25, -0.2) is 0 Å². The fourth-order valence-corrected chi connectivity index (χ4v) is 1.09. The minimum atomic E-state index is 0.571. The smallest absolute Gasteiger partial charge is 0.138 e. The van der Waals surface area contributed by atoms with Gasteiger partial charge >= 0.3 is 0 Å². The van der Waals surface area contributed by atoms with Gasteiger partial charge in [0.2, 0.25) is 0 Å². The van der Waals surface area contributed by atoms with Crippen LogP contribution in [0.3, 0.4) is 0 Å². The summed E-state index contributed by atoms with van der Waals surface area (Å²) < 4.78 is 0. The van der Waals surface area contributed by atoms with Gasteiger partial charge in [0.25, 0.3) is 0 Å². The molecular weight excluding hydrogens is 168 g/mol. The number of nitriles is 1. The molecule has 0 aliphatic carbocycles. The van der Waals surface area contributed by atoms with E-state index in [0.717, 1.165) is 11.8 Å². The first-order chi connectivity index (χ1) is 4.84. The molecule has 1 rings (SSSR count). The maximum absolute atomic E-state index is 8.27. The molecule has 0 unspecified atom stereocenters. The molecule has 0 saturated carbocycles. The maximum atomic E-state index is 8.27. The average Bonchev–Trinajstić information content (AvgIpc) is 1.94. The molecule has 0 atom stereocenters. The summed E-state index contributed by atoms with van der Waals surface area (Å²) >= 11 is 6.70. The van der Waals surface area contributed by atoms with Crippen LogP contribution in [0.4, 0.5) is 0 Å². The Kier molecular flexibility index (Phi) is 2.55. The molecule has 0 aliphatic heterocycles. The molecule has 0 saturated heterocycles. The summed E-state index contributed by atoms with van der Waals surface area (Å²) in [5.74, 6) is 0. The molecule has 0 spiro atoms. The third-order valence-electron chi connectivity index (χ3n) is 0.890. The quantitative estimate of drug-likeness (QED) is 0.480. The molecule has 2 nitrogen and oxygen atoms in total. The highest BCUT2D eigenvalue weighted by molar-refractivity contribution is 8.03. The second-order valence-electron chi connectivity index (χ2n) is 1.50. The van der Waals surface area contributed by atoms with Crippen LogP contribution in [0.25, 0.3) is 0 Å². The zero-order chi connectivity index (χ0) is 7.40. The van der Waals surface area contributed by atoms with Gasteiger partial charge in [-0.15, -0.1) is 0 Å². The normalized spacial score (nSPS) is 8.80. The van der Waals surface area contributed by atoms with Gasteiger partial charge in [0, 0.05) is 12.4 Å². The molecule has 10 heavy (non-hydrogen) atoms. The Labute approximate surface area is 67.8 Å². The summed E-state index contributed by atoms with van der Waals surface area (Å²) in [6, 6.07) is 1.65. The molecular formula is C6H3ClN2S. The van der Waals surface area contributed by atoms with Gasteiger partial charge in [-0.2, -0.15) is 5.26 Å². The number of nitrogens with zero attached hydrogens (tertiary/aromatic N) is 2. The predicted octanol–water partition coefficient (Wildman–Crippen LogP) is 2.31. The zero-order valence-electron chi connectivity index (χ0n) is 4.91. The van der Waals surface area contributed by atoms with Gasteiger partial charge in [0.05, 0.1) is 9.92 Å². The Morgan fingerprint density at radius 3 is 3.10 bits per heavy atom. The minimum Gasteiger partial charge on any atom is -0.263 e. The number of pyridine rings is 1. The molecule has 0 radical (unpaired) electrons. The Bertz CT molecular complexity index is 269. The lowest BCUT2D eigenvalue weighted by atomic mass is 10.5. The van der Waals surface area contributed by atoms with Crippen molar-refractivity contribution in [2.75, 3.05) is 0 Å². The van der Waals surface area contributed by atoms with Gasteiger partial charge in [-0.05, 0) is 17.8 Å². The molecule has 0 aliphatic rings. The molecule has 0 aromatic carbocycles. The highest BCUT2D eigenvalue weighted by Crippen LogP contribution is 2.23. The largest absolute Gasteiger partial charge is 0.263 e. The predicted molar refractivity (Wildman–Crippen MR) is 40.7 cm³/mol. The fraction of sp³-hybridized carbons (Fsp3) is 0.